The maximum Gasteiger partial charge on any atom is 0.164 e. The van der Waals surface area contributed by atoms with Crippen molar-refractivity contribution in [2.24, 2.45) is 0 Å². The molecule has 1 aromatic carbocycles. The zero-order valence-corrected chi connectivity index (χ0v) is 8.21. The van der Waals surface area contributed by atoms with Gasteiger partial charge in [0.25, 0.3) is 0 Å². The van der Waals surface area contributed by atoms with Gasteiger partial charge in [0.05, 0.1) is 5.52 Å². The molecule has 0 aliphatic rings. The van der Waals surface area contributed by atoms with Crippen molar-refractivity contribution in [2.75, 3.05) is 0 Å². The SMILES string of the molecule is CCCC(=O)c1cccc2cc[nH]c12. The van der Waals surface area contributed by atoms with E-state index in [-0.39, 0.29) is 5.78 Å². The molecule has 72 valence electrons. The molecule has 2 nitrogen and oxygen atoms in total. The molecular weight excluding hydrogens is 174 g/mol. The summed E-state index contributed by atoms with van der Waals surface area (Å²) in [5, 5.41) is 1.10. The van der Waals surface area contributed by atoms with Crippen molar-refractivity contribution in [3.8, 4) is 0 Å². The van der Waals surface area contributed by atoms with Crippen LogP contribution in [0.1, 0.15) is 30.1 Å². The zero-order chi connectivity index (χ0) is 9.97. The lowest BCUT2D eigenvalue weighted by atomic mass is 10.0. The molecule has 0 amide bonds. The Morgan fingerprint density at radius 1 is 1.36 bits per heavy atom. The fraction of sp³-hybridized carbons (Fsp3) is 0.250. The Hall–Kier alpha value is -1.57. The summed E-state index contributed by atoms with van der Waals surface area (Å²) >= 11 is 0. The van der Waals surface area contributed by atoms with Crippen molar-refractivity contribution in [1.82, 2.24) is 4.98 Å². The number of carbonyl (C=O) groups excluding carboxylic acids is 1. The maximum absolute atomic E-state index is 11.7. The average Bonchev–Trinajstić information content (AvgIpc) is 2.65. The summed E-state index contributed by atoms with van der Waals surface area (Å²) < 4.78 is 0. The molecule has 2 heteroatoms. The minimum absolute atomic E-state index is 0.223. The highest BCUT2D eigenvalue weighted by Crippen LogP contribution is 2.18. The summed E-state index contributed by atoms with van der Waals surface area (Å²) in [5.74, 6) is 0.223. The Morgan fingerprint density at radius 3 is 3.00 bits per heavy atom. The Labute approximate surface area is 82.9 Å². The van der Waals surface area contributed by atoms with Crippen LogP contribution in [0.2, 0.25) is 0 Å². The lowest BCUT2D eigenvalue weighted by Gasteiger charge is -2.00. The van der Waals surface area contributed by atoms with E-state index in [4.69, 9.17) is 0 Å². The number of aromatic nitrogens is 1. The fourth-order valence-electron chi connectivity index (χ4n) is 1.68. The first-order valence-corrected chi connectivity index (χ1v) is 4.92. The highest BCUT2D eigenvalue weighted by molar-refractivity contribution is 6.06. The van der Waals surface area contributed by atoms with Crippen molar-refractivity contribution in [1.29, 1.82) is 0 Å². The van der Waals surface area contributed by atoms with E-state index in [0.717, 1.165) is 22.9 Å². The Balaban J connectivity index is 2.50. The van der Waals surface area contributed by atoms with Crippen LogP contribution in [0.25, 0.3) is 10.9 Å². The van der Waals surface area contributed by atoms with E-state index >= 15 is 0 Å². The van der Waals surface area contributed by atoms with Crippen LogP contribution in [-0.4, -0.2) is 10.8 Å². The van der Waals surface area contributed by atoms with Crippen molar-refractivity contribution in [3.63, 3.8) is 0 Å². The first-order chi connectivity index (χ1) is 6.83. The number of para-hydroxylation sites is 1. The van der Waals surface area contributed by atoms with Gasteiger partial charge in [-0.2, -0.15) is 0 Å². The molecule has 2 aromatic rings. The highest BCUT2D eigenvalue weighted by Gasteiger charge is 2.08. The predicted octanol–water partition coefficient (Wildman–Crippen LogP) is 3.15. The molecule has 1 heterocycles. The van der Waals surface area contributed by atoms with Crippen LogP contribution in [0.4, 0.5) is 0 Å². The third-order valence-corrected chi connectivity index (χ3v) is 2.36. The van der Waals surface area contributed by atoms with Gasteiger partial charge < -0.3 is 4.98 Å². The first kappa shape index (κ1) is 9.00. The number of nitrogens with one attached hydrogen (secondary N) is 1. The molecule has 1 aromatic heterocycles. The first-order valence-electron chi connectivity index (χ1n) is 4.92. The van der Waals surface area contributed by atoms with Crippen LogP contribution in [0.5, 0.6) is 0 Å². The molecule has 0 unspecified atom stereocenters. The van der Waals surface area contributed by atoms with Gasteiger partial charge >= 0.3 is 0 Å². The molecule has 0 aliphatic carbocycles. The Morgan fingerprint density at radius 2 is 2.21 bits per heavy atom. The summed E-state index contributed by atoms with van der Waals surface area (Å²) in [6, 6.07) is 7.81. The number of aromatic amines is 1. The molecule has 0 aliphatic heterocycles. The zero-order valence-electron chi connectivity index (χ0n) is 8.21. The molecule has 14 heavy (non-hydrogen) atoms. The van der Waals surface area contributed by atoms with Gasteiger partial charge in [0.15, 0.2) is 5.78 Å². The number of rotatable bonds is 3. The van der Waals surface area contributed by atoms with E-state index < -0.39 is 0 Å². The van der Waals surface area contributed by atoms with Crippen LogP contribution < -0.4 is 0 Å². The van der Waals surface area contributed by atoms with Crippen LogP contribution >= 0.6 is 0 Å². The third kappa shape index (κ3) is 1.43. The molecule has 0 atom stereocenters. The Bertz CT molecular complexity index is 456. The average molecular weight is 187 g/mol. The van der Waals surface area contributed by atoms with Gasteiger partial charge in [0.1, 0.15) is 0 Å². The van der Waals surface area contributed by atoms with Gasteiger partial charge in [-0.3, -0.25) is 4.79 Å². The van der Waals surface area contributed by atoms with E-state index in [0.29, 0.717) is 6.42 Å². The minimum Gasteiger partial charge on any atom is -0.361 e. The second-order valence-electron chi connectivity index (χ2n) is 3.42. The largest absolute Gasteiger partial charge is 0.361 e. The molecule has 0 bridgehead atoms. The number of ketones is 1. The lowest BCUT2D eigenvalue weighted by molar-refractivity contribution is 0.0983. The molecule has 0 saturated heterocycles. The van der Waals surface area contributed by atoms with Crippen LogP contribution in [-0.2, 0) is 0 Å². The van der Waals surface area contributed by atoms with E-state index in [1.807, 2.05) is 37.4 Å². The van der Waals surface area contributed by atoms with Gasteiger partial charge in [-0.05, 0) is 18.6 Å². The number of benzene rings is 1. The summed E-state index contributed by atoms with van der Waals surface area (Å²) in [4.78, 5) is 14.8. The molecule has 0 spiro atoms. The van der Waals surface area contributed by atoms with Crippen molar-refractivity contribution in [2.45, 2.75) is 19.8 Å². The number of H-pyrrole nitrogens is 1. The van der Waals surface area contributed by atoms with Gasteiger partial charge in [-0.15, -0.1) is 0 Å². The summed E-state index contributed by atoms with van der Waals surface area (Å²) in [5.41, 5.74) is 1.78. The molecular formula is C12H13NO. The molecule has 0 fully saturated rings. The van der Waals surface area contributed by atoms with Crippen molar-refractivity contribution < 1.29 is 4.79 Å². The fourth-order valence-corrected chi connectivity index (χ4v) is 1.68. The van der Waals surface area contributed by atoms with Crippen LogP contribution in [0.3, 0.4) is 0 Å². The molecule has 1 N–H and O–H groups in total. The number of carbonyl (C=O) groups is 1. The standard InChI is InChI=1S/C12H13NO/c1-2-4-11(14)10-6-3-5-9-7-8-13-12(9)10/h3,5-8,13H,2,4H2,1H3. The monoisotopic (exact) mass is 187 g/mol. The quantitative estimate of drug-likeness (QED) is 0.735. The summed E-state index contributed by atoms with van der Waals surface area (Å²) in [7, 11) is 0. The number of Topliss-reactive ketones (excluding diaryl/α,β-unsaturated/α-hetero) is 1. The van der Waals surface area contributed by atoms with Gasteiger partial charge in [-0.1, -0.05) is 19.1 Å². The second kappa shape index (κ2) is 3.66. The molecule has 0 radical (unpaired) electrons. The predicted molar refractivity (Wildman–Crippen MR) is 57.5 cm³/mol. The van der Waals surface area contributed by atoms with E-state index in [1.54, 1.807) is 0 Å². The minimum atomic E-state index is 0.223. The maximum atomic E-state index is 11.7. The van der Waals surface area contributed by atoms with Crippen LogP contribution in [0.15, 0.2) is 30.5 Å². The smallest absolute Gasteiger partial charge is 0.164 e. The molecule has 0 saturated carbocycles. The third-order valence-electron chi connectivity index (χ3n) is 2.36. The number of fused-ring (bicyclic) bond motifs is 1. The van der Waals surface area contributed by atoms with E-state index in [2.05, 4.69) is 4.98 Å². The normalized spacial score (nSPS) is 10.6. The summed E-state index contributed by atoms with van der Waals surface area (Å²) in [6.07, 6.45) is 3.39. The highest BCUT2D eigenvalue weighted by atomic mass is 16.1. The van der Waals surface area contributed by atoms with E-state index in [9.17, 15) is 4.79 Å². The topological polar surface area (TPSA) is 32.9 Å². The van der Waals surface area contributed by atoms with Gasteiger partial charge in [-0.25, -0.2) is 0 Å². The number of hydrogen-bond donors (Lipinski definition) is 1. The Kier molecular flexibility index (Phi) is 2.35. The second-order valence-corrected chi connectivity index (χ2v) is 3.42. The lowest BCUT2D eigenvalue weighted by Crippen LogP contribution is -1.98. The van der Waals surface area contributed by atoms with Gasteiger partial charge in [0.2, 0.25) is 0 Å². The number of hydrogen-bond acceptors (Lipinski definition) is 1. The van der Waals surface area contributed by atoms with Crippen molar-refractivity contribution in [3.05, 3.63) is 36.0 Å². The summed E-state index contributed by atoms with van der Waals surface area (Å²) in [6.45, 7) is 2.02. The van der Waals surface area contributed by atoms with Crippen molar-refractivity contribution >= 4 is 16.7 Å². The van der Waals surface area contributed by atoms with Gasteiger partial charge in [0, 0.05) is 23.6 Å². The van der Waals surface area contributed by atoms with Crippen LogP contribution in [0, 0.1) is 0 Å². The molecule has 2 rings (SSSR count). The van der Waals surface area contributed by atoms with E-state index in [1.165, 1.54) is 0 Å².